The molecule has 0 spiro atoms. The van der Waals surface area contributed by atoms with Crippen LogP contribution >= 0.6 is 15.9 Å². The number of hydrogen-bond acceptors (Lipinski definition) is 4. The van der Waals surface area contributed by atoms with Crippen LogP contribution in [-0.2, 0) is 10.0 Å². The number of likely N-dealkylation sites (N-methyl/N-ethyl adjacent to an activating group) is 1. The maximum atomic E-state index is 12.2. The zero-order valence-electron chi connectivity index (χ0n) is 9.68. The molecule has 0 heterocycles. The first-order valence-corrected chi connectivity index (χ1v) is 7.16. The molecule has 0 bridgehead atoms. The Morgan fingerprint density at radius 1 is 1.47 bits per heavy atom. The van der Waals surface area contributed by atoms with Gasteiger partial charge in [0.25, 0.3) is 0 Å². The van der Waals surface area contributed by atoms with Gasteiger partial charge in [0.1, 0.15) is 10.6 Å². The zero-order chi connectivity index (χ0) is 13.1. The van der Waals surface area contributed by atoms with Crippen molar-refractivity contribution in [1.29, 1.82) is 0 Å². The van der Waals surface area contributed by atoms with Gasteiger partial charge in [0.15, 0.2) is 0 Å². The summed E-state index contributed by atoms with van der Waals surface area (Å²) in [6.07, 6.45) is 0. The normalized spacial score (nSPS) is 11.8. The molecule has 0 aliphatic carbocycles. The van der Waals surface area contributed by atoms with Gasteiger partial charge in [-0.15, -0.1) is 0 Å². The molecule has 0 aliphatic rings. The van der Waals surface area contributed by atoms with Gasteiger partial charge in [0, 0.05) is 24.6 Å². The third-order valence-corrected chi connectivity index (χ3v) is 4.63. The Hall–Kier alpha value is -0.630. The second-order valence-electron chi connectivity index (χ2n) is 3.41. The van der Waals surface area contributed by atoms with E-state index in [9.17, 15) is 8.42 Å². The molecule has 0 saturated heterocycles. The molecule has 0 fully saturated rings. The number of methoxy groups -OCH3 is 1. The Bertz CT molecular complexity index is 490. The minimum absolute atomic E-state index is 0.130. The lowest BCUT2D eigenvalue weighted by Crippen LogP contribution is -2.32. The van der Waals surface area contributed by atoms with Gasteiger partial charge in [-0.1, -0.05) is 15.9 Å². The van der Waals surface area contributed by atoms with Crippen molar-refractivity contribution in [3.05, 3.63) is 22.7 Å². The summed E-state index contributed by atoms with van der Waals surface area (Å²) in [5, 5.41) is 0. The van der Waals surface area contributed by atoms with Crippen molar-refractivity contribution in [2.75, 3.05) is 27.2 Å². The smallest absolute Gasteiger partial charge is 0.246 e. The lowest BCUT2D eigenvalue weighted by Gasteiger charge is -2.18. The summed E-state index contributed by atoms with van der Waals surface area (Å²) in [5.41, 5.74) is 5.36. The van der Waals surface area contributed by atoms with Crippen LogP contribution in [0.15, 0.2) is 27.6 Å². The van der Waals surface area contributed by atoms with Crippen molar-refractivity contribution in [2.24, 2.45) is 5.73 Å². The molecule has 7 heteroatoms. The van der Waals surface area contributed by atoms with Gasteiger partial charge in [-0.05, 0) is 18.2 Å². The van der Waals surface area contributed by atoms with E-state index in [1.165, 1.54) is 24.5 Å². The molecule has 1 aromatic rings. The summed E-state index contributed by atoms with van der Waals surface area (Å²) < 4.78 is 31.4. The maximum Gasteiger partial charge on any atom is 0.246 e. The summed E-state index contributed by atoms with van der Waals surface area (Å²) in [4.78, 5) is 0.130. The molecule has 96 valence electrons. The highest BCUT2D eigenvalue weighted by atomic mass is 79.9. The lowest BCUT2D eigenvalue weighted by atomic mass is 10.3. The van der Waals surface area contributed by atoms with Crippen LogP contribution in [0.5, 0.6) is 5.75 Å². The SMILES string of the molecule is COc1ccc(Br)cc1S(=O)(=O)N(C)CCN. The van der Waals surface area contributed by atoms with Crippen molar-refractivity contribution in [3.63, 3.8) is 0 Å². The van der Waals surface area contributed by atoms with Crippen molar-refractivity contribution in [3.8, 4) is 5.75 Å². The van der Waals surface area contributed by atoms with Gasteiger partial charge >= 0.3 is 0 Å². The van der Waals surface area contributed by atoms with Gasteiger partial charge in [0.05, 0.1) is 7.11 Å². The van der Waals surface area contributed by atoms with E-state index >= 15 is 0 Å². The summed E-state index contributed by atoms with van der Waals surface area (Å²) in [7, 11) is -0.644. The number of ether oxygens (including phenoxy) is 1. The first kappa shape index (κ1) is 14.4. The van der Waals surface area contributed by atoms with E-state index in [0.29, 0.717) is 10.2 Å². The largest absolute Gasteiger partial charge is 0.495 e. The fourth-order valence-corrected chi connectivity index (χ4v) is 3.20. The van der Waals surface area contributed by atoms with E-state index in [2.05, 4.69) is 15.9 Å². The van der Waals surface area contributed by atoms with Crippen molar-refractivity contribution in [2.45, 2.75) is 4.90 Å². The summed E-state index contributed by atoms with van der Waals surface area (Å²) in [5.74, 6) is 0.317. The molecule has 1 rings (SSSR count). The highest BCUT2D eigenvalue weighted by Gasteiger charge is 2.24. The minimum atomic E-state index is -3.57. The molecule has 0 aliphatic heterocycles. The van der Waals surface area contributed by atoms with Crippen LogP contribution in [0.2, 0.25) is 0 Å². The summed E-state index contributed by atoms with van der Waals surface area (Å²) >= 11 is 3.24. The standard InChI is InChI=1S/C10H15BrN2O3S/c1-13(6-5-12)17(14,15)10-7-8(11)3-4-9(10)16-2/h3-4,7H,5-6,12H2,1-2H3. The average molecular weight is 323 g/mol. The first-order chi connectivity index (χ1) is 7.93. The van der Waals surface area contributed by atoms with Gasteiger partial charge in [-0.25, -0.2) is 8.42 Å². The highest BCUT2D eigenvalue weighted by Crippen LogP contribution is 2.29. The Morgan fingerprint density at radius 3 is 2.65 bits per heavy atom. The van der Waals surface area contributed by atoms with Crippen LogP contribution in [0.25, 0.3) is 0 Å². The Balaban J connectivity index is 3.27. The molecule has 0 saturated carbocycles. The van der Waals surface area contributed by atoms with Gasteiger partial charge in [0.2, 0.25) is 10.0 Å². The number of nitrogens with two attached hydrogens (primary N) is 1. The topological polar surface area (TPSA) is 72.6 Å². The van der Waals surface area contributed by atoms with Crippen LogP contribution in [0, 0.1) is 0 Å². The monoisotopic (exact) mass is 322 g/mol. The average Bonchev–Trinajstić information content (AvgIpc) is 2.29. The molecule has 17 heavy (non-hydrogen) atoms. The van der Waals surface area contributed by atoms with Gasteiger partial charge < -0.3 is 10.5 Å². The van der Waals surface area contributed by atoms with Crippen LogP contribution < -0.4 is 10.5 Å². The zero-order valence-corrected chi connectivity index (χ0v) is 12.1. The third-order valence-electron chi connectivity index (χ3n) is 2.26. The van der Waals surface area contributed by atoms with Crippen molar-refractivity contribution >= 4 is 26.0 Å². The second-order valence-corrected chi connectivity index (χ2v) is 6.34. The minimum Gasteiger partial charge on any atom is -0.495 e. The first-order valence-electron chi connectivity index (χ1n) is 4.93. The van der Waals surface area contributed by atoms with E-state index in [1.54, 1.807) is 12.1 Å². The Labute approximate surface area is 110 Å². The number of sulfonamides is 1. The Morgan fingerprint density at radius 2 is 2.12 bits per heavy atom. The van der Waals surface area contributed by atoms with E-state index in [4.69, 9.17) is 10.5 Å². The van der Waals surface area contributed by atoms with Crippen LogP contribution in [0.3, 0.4) is 0 Å². The third kappa shape index (κ3) is 3.19. The number of nitrogens with zero attached hydrogens (tertiary/aromatic N) is 1. The predicted molar refractivity (Wildman–Crippen MR) is 69.6 cm³/mol. The summed E-state index contributed by atoms with van der Waals surface area (Å²) in [6, 6.07) is 4.84. The molecule has 1 aromatic carbocycles. The van der Waals surface area contributed by atoms with Crippen LogP contribution in [0.1, 0.15) is 0 Å². The number of hydrogen-bond donors (Lipinski definition) is 1. The molecular formula is C10H15BrN2O3S. The van der Waals surface area contributed by atoms with Crippen LogP contribution in [0.4, 0.5) is 0 Å². The fraction of sp³-hybridized carbons (Fsp3) is 0.400. The lowest BCUT2D eigenvalue weighted by molar-refractivity contribution is 0.398. The number of rotatable bonds is 5. The van der Waals surface area contributed by atoms with Gasteiger partial charge in [-0.3, -0.25) is 0 Å². The molecule has 0 atom stereocenters. The predicted octanol–water partition coefficient (Wildman–Crippen LogP) is 1.04. The molecule has 2 N–H and O–H groups in total. The van der Waals surface area contributed by atoms with E-state index < -0.39 is 10.0 Å². The maximum absolute atomic E-state index is 12.2. The van der Waals surface area contributed by atoms with E-state index in [1.807, 2.05) is 0 Å². The fourth-order valence-electron chi connectivity index (χ4n) is 1.32. The van der Waals surface area contributed by atoms with Crippen molar-refractivity contribution in [1.82, 2.24) is 4.31 Å². The van der Waals surface area contributed by atoms with Crippen molar-refractivity contribution < 1.29 is 13.2 Å². The van der Waals surface area contributed by atoms with E-state index in [0.717, 1.165) is 0 Å². The van der Waals surface area contributed by atoms with Gasteiger partial charge in [-0.2, -0.15) is 4.31 Å². The molecule has 0 amide bonds. The molecule has 0 aromatic heterocycles. The highest BCUT2D eigenvalue weighted by molar-refractivity contribution is 9.10. The molecule has 0 radical (unpaired) electrons. The molecule has 5 nitrogen and oxygen atoms in total. The quantitative estimate of drug-likeness (QED) is 0.879. The number of benzene rings is 1. The molecular weight excluding hydrogens is 308 g/mol. The Kier molecular flexibility index (Phi) is 4.93. The van der Waals surface area contributed by atoms with Crippen LogP contribution in [-0.4, -0.2) is 40.0 Å². The summed E-state index contributed by atoms with van der Waals surface area (Å²) in [6.45, 7) is 0.532. The second kappa shape index (κ2) is 5.81. The number of halogens is 1. The molecule has 0 unspecified atom stereocenters. The van der Waals surface area contributed by atoms with E-state index in [-0.39, 0.29) is 18.0 Å².